The Labute approximate surface area is 118 Å². The zero-order valence-corrected chi connectivity index (χ0v) is 11.9. The Balaban J connectivity index is 1.76. The van der Waals surface area contributed by atoms with E-state index in [1.165, 1.54) is 0 Å². The van der Waals surface area contributed by atoms with Crippen LogP contribution < -0.4 is 16.4 Å². The maximum atomic E-state index is 12.2. The van der Waals surface area contributed by atoms with Gasteiger partial charge in [-0.3, -0.25) is 9.59 Å². The third kappa shape index (κ3) is 3.43. The molecule has 2 rings (SSSR count). The highest BCUT2D eigenvalue weighted by molar-refractivity contribution is 7.80. The van der Waals surface area contributed by atoms with Gasteiger partial charge >= 0.3 is 0 Å². The first-order valence-electron chi connectivity index (χ1n) is 6.92. The molecule has 2 aliphatic rings. The Hall–Kier alpha value is -1.17. The van der Waals surface area contributed by atoms with E-state index in [2.05, 4.69) is 10.6 Å². The van der Waals surface area contributed by atoms with Gasteiger partial charge in [0.05, 0.1) is 10.4 Å². The predicted molar refractivity (Wildman–Crippen MR) is 76.5 cm³/mol. The number of hydrogen-bond donors (Lipinski definition) is 3. The van der Waals surface area contributed by atoms with Gasteiger partial charge in [0, 0.05) is 19.0 Å². The molecule has 2 aliphatic carbocycles. The molecule has 0 aromatic carbocycles. The maximum Gasteiger partial charge on any atom is 0.233 e. The Morgan fingerprint density at radius 2 is 1.89 bits per heavy atom. The van der Waals surface area contributed by atoms with Crippen LogP contribution in [0.5, 0.6) is 0 Å². The molecule has 0 saturated heterocycles. The molecule has 0 aromatic rings. The van der Waals surface area contributed by atoms with Crippen LogP contribution in [0, 0.1) is 5.41 Å². The van der Waals surface area contributed by atoms with Crippen molar-refractivity contribution < 1.29 is 9.59 Å². The minimum atomic E-state index is -0.678. The number of carbonyl (C=O) groups is 2. The van der Waals surface area contributed by atoms with Crippen molar-refractivity contribution in [1.82, 2.24) is 10.6 Å². The number of amides is 2. The van der Waals surface area contributed by atoms with Gasteiger partial charge in [-0.25, -0.2) is 0 Å². The summed E-state index contributed by atoms with van der Waals surface area (Å²) in [5.41, 5.74) is 5.05. The van der Waals surface area contributed by atoms with Gasteiger partial charge in [0.1, 0.15) is 0 Å². The highest BCUT2D eigenvalue weighted by atomic mass is 32.1. The average Bonchev–Trinajstić information content (AvgIpc) is 3.02. The molecule has 0 bridgehead atoms. The van der Waals surface area contributed by atoms with E-state index in [-0.39, 0.29) is 16.8 Å². The summed E-state index contributed by atoms with van der Waals surface area (Å²) in [5, 5.41) is 5.69. The summed E-state index contributed by atoms with van der Waals surface area (Å²) >= 11 is 5.05. The summed E-state index contributed by atoms with van der Waals surface area (Å²) in [5.74, 6) is -0.115. The van der Waals surface area contributed by atoms with Crippen molar-refractivity contribution in [2.75, 3.05) is 6.54 Å². The number of rotatable bonds is 6. The molecule has 19 heavy (non-hydrogen) atoms. The van der Waals surface area contributed by atoms with E-state index in [9.17, 15) is 9.59 Å². The number of nitrogens with two attached hydrogens (primary N) is 1. The fourth-order valence-corrected chi connectivity index (χ4v) is 2.85. The second kappa shape index (κ2) is 5.86. The number of thiocarbonyl (C=S) groups is 1. The van der Waals surface area contributed by atoms with E-state index in [0.717, 1.165) is 38.5 Å². The van der Waals surface area contributed by atoms with E-state index in [4.69, 9.17) is 18.0 Å². The fourth-order valence-electron chi connectivity index (χ4n) is 2.55. The van der Waals surface area contributed by atoms with Crippen molar-refractivity contribution in [2.24, 2.45) is 11.1 Å². The molecule has 2 saturated carbocycles. The van der Waals surface area contributed by atoms with Gasteiger partial charge in [0.15, 0.2) is 0 Å². The monoisotopic (exact) mass is 283 g/mol. The predicted octanol–water partition coefficient (Wildman–Crippen LogP) is 0.618. The second-order valence-electron chi connectivity index (χ2n) is 5.50. The zero-order chi connectivity index (χ0) is 13.9. The summed E-state index contributed by atoms with van der Waals surface area (Å²) < 4.78 is 0. The summed E-state index contributed by atoms with van der Waals surface area (Å²) in [6.07, 6.45) is 5.87. The molecule has 0 aromatic heterocycles. The van der Waals surface area contributed by atoms with Crippen LogP contribution in [0.4, 0.5) is 0 Å². The van der Waals surface area contributed by atoms with E-state index in [1.807, 2.05) is 0 Å². The number of carbonyl (C=O) groups excluding carboxylic acids is 2. The van der Waals surface area contributed by atoms with Gasteiger partial charge in [-0.2, -0.15) is 0 Å². The van der Waals surface area contributed by atoms with Crippen LogP contribution in [-0.4, -0.2) is 29.4 Å². The average molecular weight is 283 g/mol. The third-order valence-corrected chi connectivity index (χ3v) is 4.33. The standard InChI is InChI=1S/C13H21N3O2S/c14-11(19)13(6-1-2-7-13)12(18)15-8-5-10(17)16-9-3-4-9/h9H,1-8H2,(H2,14,19)(H,15,18)(H,16,17). The molecule has 5 nitrogen and oxygen atoms in total. The fraction of sp³-hybridized carbons (Fsp3) is 0.769. The zero-order valence-electron chi connectivity index (χ0n) is 11.0. The number of nitrogens with one attached hydrogen (secondary N) is 2. The molecule has 4 N–H and O–H groups in total. The van der Waals surface area contributed by atoms with Gasteiger partial charge in [-0.15, -0.1) is 0 Å². The molecule has 106 valence electrons. The lowest BCUT2D eigenvalue weighted by atomic mass is 9.85. The van der Waals surface area contributed by atoms with Crippen LogP contribution in [-0.2, 0) is 9.59 Å². The third-order valence-electron chi connectivity index (χ3n) is 3.94. The van der Waals surface area contributed by atoms with Crippen LogP contribution in [0.25, 0.3) is 0 Å². The first kappa shape index (κ1) is 14.2. The Kier molecular flexibility index (Phi) is 4.39. The molecule has 2 fully saturated rings. The van der Waals surface area contributed by atoms with Gasteiger partial charge < -0.3 is 16.4 Å². The van der Waals surface area contributed by atoms with Crippen molar-refractivity contribution in [3.05, 3.63) is 0 Å². The maximum absolute atomic E-state index is 12.2. The molecule has 0 atom stereocenters. The van der Waals surface area contributed by atoms with E-state index < -0.39 is 5.41 Å². The lowest BCUT2D eigenvalue weighted by molar-refractivity contribution is -0.127. The van der Waals surface area contributed by atoms with Crippen molar-refractivity contribution in [1.29, 1.82) is 0 Å². The molecule has 0 spiro atoms. The van der Waals surface area contributed by atoms with Crippen molar-refractivity contribution in [3.63, 3.8) is 0 Å². The van der Waals surface area contributed by atoms with Crippen LogP contribution in [0.15, 0.2) is 0 Å². The van der Waals surface area contributed by atoms with Crippen LogP contribution in [0.3, 0.4) is 0 Å². The second-order valence-corrected chi connectivity index (χ2v) is 5.94. The first-order valence-corrected chi connectivity index (χ1v) is 7.33. The molecular formula is C13H21N3O2S. The summed E-state index contributed by atoms with van der Waals surface area (Å²) in [4.78, 5) is 24.0. The smallest absolute Gasteiger partial charge is 0.233 e. The van der Waals surface area contributed by atoms with Gasteiger partial charge in [-0.05, 0) is 25.7 Å². The number of hydrogen-bond acceptors (Lipinski definition) is 3. The van der Waals surface area contributed by atoms with Gasteiger partial charge in [0.25, 0.3) is 0 Å². The quantitative estimate of drug-likeness (QED) is 0.624. The minimum Gasteiger partial charge on any atom is -0.392 e. The van der Waals surface area contributed by atoms with Gasteiger partial charge in [-0.1, -0.05) is 25.1 Å². The van der Waals surface area contributed by atoms with E-state index in [0.29, 0.717) is 19.0 Å². The van der Waals surface area contributed by atoms with E-state index >= 15 is 0 Å². The summed E-state index contributed by atoms with van der Waals surface area (Å²) in [6.45, 7) is 0.349. The van der Waals surface area contributed by atoms with Crippen molar-refractivity contribution >= 4 is 29.0 Å². The molecule has 0 heterocycles. The lowest BCUT2D eigenvalue weighted by Gasteiger charge is -2.26. The molecule has 2 amide bonds. The Bertz CT molecular complexity index is 387. The Morgan fingerprint density at radius 3 is 2.42 bits per heavy atom. The topological polar surface area (TPSA) is 84.2 Å². The van der Waals surface area contributed by atoms with E-state index in [1.54, 1.807) is 0 Å². The molecular weight excluding hydrogens is 262 g/mol. The van der Waals surface area contributed by atoms with Crippen LogP contribution in [0.2, 0.25) is 0 Å². The molecule has 6 heteroatoms. The highest BCUT2D eigenvalue weighted by Gasteiger charge is 2.43. The SMILES string of the molecule is NC(=S)C1(C(=O)NCCC(=O)NC2CC2)CCCC1. The molecule has 0 unspecified atom stereocenters. The van der Waals surface area contributed by atoms with Gasteiger partial charge in [0.2, 0.25) is 11.8 Å². The lowest BCUT2D eigenvalue weighted by Crippen LogP contribution is -2.47. The van der Waals surface area contributed by atoms with Crippen molar-refractivity contribution in [2.45, 2.75) is 51.0 Å². The first-order chi connectivity index (χ1) is 9.04. The highest BCUT2D eigenvalue weighted by Crippen LogP contribution is 2.38. The molecule has 0 radical (unpaired) electrons. The summed E-state index contributed by atoms with van der Waals surface area (Å²) in [6, 6.07) is 0.362. The van der Waals surface area contributed by atoms with Crippen LogP contribution in [0.1, 0.15) is 44.9 Å². The largest absolute Gasteiger partial charge is 0.392 e. The van der Waals surface area contributed by atoms with Crippen LogP contribution >= 0.6 is 12.2 Å². The molecule has 0 aliphatic heterocycles. The summed E-state index contributed by atoms with van der Waals surface area (Å²) in [7, 11) is 0. The minimum absolute atomic E-state index is 0.00130. The normalized spacial score (nSPS) is 20.8. The Morgan fingerprint density at radius 1 is 1.26 bits per heavy atom. The van der Waals surface area contributed by atoms with Crippen molar-refractivity contribution in [3.8, 4) is 0 Å².